The molecule has 0 fully saturated rings. The quantitative estimate of drug-likeness (QED) is 0.623. The molecule has 0 amide bonds. The largest absolute Gasteiger partial charge is 0.233 e. The van der Waals surface area contributed by atoms with Crippen LogP contribution >= 0.6 is 23.2 Å². The van der Waals surface area contributed by atoms with Gasteiger partial charge >= 0.3 is 0 Å². The number of hydrogen-bond acceptors (Lipinski definition) is 1. The highest BCUT2D eigenvalue weighted by Gasteiger charge is 2.07. The molecule has 0 aliphatic rings. The van der Waals surface area contributed by atoms with Gasteiger partial charge in [0.05, 0.1) is 0 Å². The third kappa shape index (κ3) is 1.56. The van der Waals surface area contributed by atoms with Crippen molar-refractivity contribution in [3.63, 3.8) is 0 Å². The molecule has 0 atom stereocenters. The lowest BCUT2D eigenvalue weighted by Gasteiger charge is -2.03. The van der Waals surface area contributed by atoms with Gasteiger partial charge in [-0.1, -0.05) is 23.2 Å². The normalized spacial score (nSPS) is 10.9. The van der Waals surface area contributed by atoms with Gasteiger partial charge in [0.25, 0.3) is 0 Å². The first-order valence-electron chi connectivity index (χ1n) is 4.00. The fraction of sp³-hybridized carbons (Fsp3) is 0.100. The van der Waals surface area contributed by atoms with Gasteiger partial charge in [-0.15, -0.1) is 0 Å². The number of pyridine rings is 1. The summed E-state index contributed by atoms with van der Waals surface area (Å²) < 4.78 is 13.4. The van der Waals surface area contributed by atoms with Gasteiger partial charge in [-0.25, -0.2) is 9.37 Å². The van der Waals surface area contributed by atoms with Crippen molar-refractivity contribution in [2.45, 2.75) is 6.92 Å². The molecule has 0 aliphatic carbocycles. The molecular formula is C10H6Cl2FN. The fourth-order valence-electron chi connectivity index (χ4n) is 1.29. The van der Waals surface area contributed by atoms with E-state index in [0.717, 1.165) is 5.56 Å². The van der Waals surface area contributed by atoms with E-state index in [1.807, 2.05) is 6.92 Å². The van der Waals surface area contributed by atoms with E-state index in [9.17, 15) is 4.39 Å². The number of rotatable bonds is 0. The molecule has 1 aromatic carbocycles. The minimum Gasteiger partial charge on any atom is -0.233 e. The molecule has 0 unspecified atom stereocenters. The molecule has 0 saturated heterocycles. The van der Waals surface area contributed by atoms with Crippen LogP contribution in [0.15, 0.2) is 18.2 Å². The van der Waals surface area contributed by atoms with Crippen molar-refractivity contribution in [2.24, 2.45) is 0 Å². The van der Waals surface area contributed by atoms with Crippen LogP contribution in [-0.4, -0.2) is 4.98 Å². The zero-order valence-corrected chi connectivity index (χ0v) is 8.83. The molecule has 0 spiro atoms. The number of halogens is 3. The summed E-state index contributed by atoms with van der Waals surface area (Å²) >= 11 is 11.5. The van der Waals surface area contributed by atoms with Crippen LogP contribution in [0.3, 0.4) is 0 Å². The summed E-state index contributed by atoms with van der Waals surface area (Å²) in [5.41, 5.74) is 1.06. The van der Waals surface area contributed by atoms with Crippen molar-refractivity contribution in [1.82, 2.24) is 4.98 Å². The zero-order chi connectivity index (χ0) is 10.3. The van der Waals surface area contributed by atoms with Crippen LogP contribution in [0.5, 0.6) is 0 Å². The first-order chi connectivity index (χ1) is 6.58. The average Bonchev–Trinajstić information content (AvgIpc) is 2.08. The Hall–Kier alpha value is -0.860. The monoisotopic (exact) mass is 229 g/mol. The number of fused-ring (bicyclic) bond motifs is 1. The van der Waals surface area contributed by atoms with Crippen LogP contribution in [-0.2, 0) is 0 Å². The van der Waals surface area contributed by atoms with Gasteiger partial charge in [0, 0.05) is 10.4 Å². The summed E-state index contributed by atoms with van der Waals surface area (Å²) in [7, 11) is 0. The van der Waals surface area contributed by atoms with E-state index in [1.165, 1.54) is 6.07 Å². The minimum absolute atomic E-state index is 0.255. The third-order valence-electron chi connectivity index (χ3n) is 1.97. The number of nitrogens with zero attached hydrogens (tertiary/aromatic N) is 1. The first kappa shape index (κ1) is 9.69. The average molecular weight is 230 g/mol. The Balaban J connectivity index is 2.89. The minimum atomic E-state index is -0.450. The maximum atomic E-state index is 13.4. The Morgan fingerprint density at radius 3 is 2.64 bits per heavy atom. The molecule has 4 heteroatoms. The predicted molar refractivity (Wildman–Crippen MR) is 56.5 cm³/mol. The Morgan fingerprint density at radius 1 is 1.21 bits per heavy atom. The molecule has 0 aliphatic heterocycles. The number of aryl methyl sites for hydroxylation is 1. The predicted octanol–water partition coefficient (Wildman–Crippen LogP) is 3.99. The van der Waals surface area contributed by atoms with Crippen molar-refractivity contribution < 1.29 is 4.39 Å². The van der Waals surface area contributed by atoms with Crippen LogP contribution in [0.4, 0.5) is 4.39 Å². The fourth-order valence-corrected chi connectivity index (χ4v) is 1.65. The second-order valence-corrected chi connectivity index (χ2v) is 3.85. The highest BCUT2D eigenvalue weighted by Crippen LogP contribution is 2.25. The maximum absolute atomic E-state index is 13.4. The Labute approximate surface area is 90.5 Å². The van der Waals surface area contributed by atoms with E-state index in [1.54, 1.807) is 12.1 Å². The lowest BCUT2D eigenvalue weighted by Crippen LogP contribution is -1.88. The van der Waals surface area contributed by atoms with Gasteiger partial charge in [0.1, 0.15) is 10.7 Å². The van der Waals surface area contributed by atoms with E-state index >= 15 is 0 Å². The summed E-state index contributed by atoms with van der Waals surface area (Å²) in [4.78, 5) is 3.95. The highest BCUT2D eigenvalue weighted by molar-refractivity contribution is 6.32. The third-order valence-corrected chi connectivity index (χ3v) is 2.57. The highest BCUT2D eigenvalue weighted by atomic mass is 35.5. The van der Waals surface area contributed by atoms with Crippen LogP contribution in [0.25, 0.3) is 10.9 Å². The Kier molecular flexibility index (Phi) is 2.33. The Morgan fingerprint density at radius 2 is 1.93 bits per heavy atom. The smallest absolute Gasteiger partial charge is 0.150 e. The lowest BCUT2D eigenvalue weighted by atomic mass is 10.2. The summed E-state index contributed by atoms with van der Waals surface area (Å²) in [6, 6.07) is 4.65. The molecule has 14 heavy (non-hydrogen) atoms. The molecule has 2 rings (SSSR count). The van der Waals surface area contributed by atoms with Crippen LogP contribution < -0.4 is 0 Å². The Bertz CT molecular complexity index is 511. The molecule has 0 radical (unpaired) electrons. The van der Waals surface area contributed by atoms with Crippen LogP contribution in [0.2, 0.25) is 10.2 Å². The van der Waals surface area contributed by atoms with Gasteiger partial charge in [-0.2, -0.15) is 0 Å². The van der Waals surface area contributed by atoms with E-state index in [0.29, 0.717) is 15.6 Å². The van der Waals surface area contributed by atoms with E-state index < -0.39 is 5.82 Å². The van der Waals surface area contributed by atoms with Crippen molar-refractivity contribution in [1.29, 1.82) is 0 Å². The van der Waals surface area contributed by atoms with Gasteiger partial charge in [-0.3, -0.25) is 0 Å². The van der Waals surface area contributed by atoms with E-state index in [-0.39, 0.29) is 5.52 Å². The van der Waals surface area contributed by atoms with Crippen LogP contribution in [0, 0.1) is 12.7 Å². The van der Waals surface area contributed by atoms with Crippen molar-refractivity contribution in [3.05, 3.63) is 39.8 Å². The first-order valence-corrected chi connectivity index (χ1v) is 4.75. The molecular weight excluding hydrogens is 224 g/mol. The van der Waals surface area contributed by atoms with Gasteiger partial charge in [0.2, 0.25) is 0 Å². The summed E-state index contributed by atoms with van der Waals surface area (Å²) in [6.45, 7) is 1.81. The number of aromatic nitrogens is 1. The molecule has 0 N–H and O–H groups in total. The van der Waals surface area contributed by atoms with Gasteiger partial charge in [-0.05, 0) is 30.7 Å². The second kappa shape index (κ2) is 3.37. The zero-order valence-electron chi connectivity index (χ0n) is 7.31. The molecule has 1 nitrogen and oxygen atoms in total. The summed E-state index contributed by atoms with van der Waals surface area (Å²) in [5, 5.41) is 1.34. The lowest BCUT2D eigenvalue weighted by molar-refractivity contribution is 0.637. The maximum Gasteiger partial charge on any atom is 0.150 e. The van der Waals surface area contributed by atoms with Crippen molar-refractivity contribution in [3.8, 4) is 0 Å². The molecule has 1 heterocycles. The molecule has 0 saturated carbocycles. The molecule has 1 aromatic heterocycles. The van der Waals surface area contributed by atoms with E-state index in [4.69, 9.17) is 23.2 Å². The molecule has 2 aromatic rings. The second-order valence-electron chi connectivity index (χ2n) is 3.06. The number of benzene rings is 1. The summed E-state index contributed by atoms with van der Waals surface area (Å²) in [6.07, 6.45) is 0. The van der Waals surface area contributed by atoms with Crippen LogP contribution in [0.1, 0.15) is 5.56 Å². The van der Waals surface area contributed by atoms with Gasteiger partial charge in [0.15, 0.2) is 5.82 Å². The van der Waals surface area contributed by atoms with E-state index in [2.05, 4.69) is 4.98 Å². The molecule has 72 valence electrons. The number of hydrogen-bond donors (Lipinski definition) is 0. The van der Waals surface area contributed by atoms with Crippen molar-refractivity contribution >= 4 is 34.1 Å². The SMILES string of the molecule is Cc1cc2cc(Cl)cc(F)c2nc1Cl. The molecule has 0 bridgehead atoms. The standard InChI is InChI=1S/C10H6Cl2FN/c1-5-2-6-3-7(11)4-8(13)9(6)14-10(5)12/h2-4H,1H3. The topological polar surface area (TPSA) is 12.9 Å². The van der Waals surface area contributed by atoms with Gasteiger partial charge < -0.3 is 0 Å². The summed E-state index contributed by atoms with van der Waals surface area (Å²) in [5.74, 6) is -0.450. The van der Waals surface area contributed by atoms with Crippen molar-refractivity contribution in [2.75, 3.05) is 0 Å².